The molecule has 2 amide bonds. The van der Waals surface area contributed by atoms with Gasteiger partial charge in [-0.1, -0.05) is 48.0 Å². The van der Waals surface area contributed by atoms with Gasteiger partial charge in [-0.05, 0) is 30.3 Å². The summed E-state index contributed by atoms with van der Waals surface area (Å²) in [6.45, 7) is 3.09. The number of anilines is 1. The number of piperazine rings is 1. The smallest absolute Gasteiger partial charge is 0.254 e. The fourth-order valence-corrected chi connectivity index (χ4v) is 4.20. The molecule has 0 N–H and O–H groups in total. The Morgan fingerprint density at radius 2 is 1.66 bits per heavy atom. The molecule has 1 aromatic heterocycles. The number of aromatic nitrogens is 2. The standard InChI is InChI=1S/C26H28ClN5O3/c1-35-18-17-32(26(34)20-7-3-2-4-8-20)19-25(33)31-15-13-30(14-16-31)24-12-11-23(28-29-24)21-9-5-6-10-22(21)27/h2-12H,13-19H2,1H3. The lowest BCUT2D eigenvalue weighted by Crippen LogP contribution is -2.52. The second-order valence-corrected chi connectivity index (χ2v) is 8.62. The summed E-state index contributed by atoms with van der Waals surface area (Å²) in [6.07, 6.45) is 0. The second kappa shape index (κ2) is 11.8. The third-order valence-electron chi connectivity index (χ3n) is 5.96. The summed E-state index contributed by atoms with van der Waals surface area (Å²) in [5, 5.41) is 9.35. The van der Waals surface area contributed by atoms with E-state index in [2.05, 4.69) is 15.1 Å². The van der Waals surface area contributed by atoms with Crippen LogP contribution in [0, 0.1) is 0 Å². The van der Waals surface area contributed by atoms with Gasteiger partial charge in [-0.3, -0.25) is 9.59 Å². The zero-order valence-electron chi connectivity index (χ0n) is 19.6. The first kappa shape index (κ1) is 24.6. The zero-order chi connectivity index (χ0) is 24.6. The first-order valence-corrected chi connectivity index (χ1v) is 11.9. The average Bonchev–Trinajstić information content (AvgIpc) is 2.91. The number of methoxy groups -OCH3 is 1. The molecule has 8 nitrogen and oxygen atoms in total. The van der Waals surface area contributed by atoms with E-state index in [1.807, 2.05) is 54.6 Å². The molecule has 2 aromatic carbocycles. The molecule has 0 aliphatic carbocycles. The molecule has 0 bridgehead atoms. The predicted molar refractivity (Wildman–Crippen MR) is 135 cm³/mol. The van der Waals surface area contributed by atoms with Crippen LogP contribution in [0.3, 0.4) is 0 Å². The lowest BCUT2D eigenvalue weighted by Gasteiger charge is -2.36. The molecular formula is C26H28ClN5O3. The van der Waals surface area contributed by atoms with Crippen molar-refractivity contribution in [3.05, 3.63) is 77.3 Å². The van der Waals surface area contributed by atoms with Crippen molar-refractivity contribution in [2.24, 2.45) is 0 Å². The number of ether oxygens (including phenoxy) is 1. The molecule has 182 valence electrons. The van der Waals surface area contributed by atoms with Crippen LogP contribution in [0.25, 0.3) is 11.3 Å². The fourth-order valence-electron chi connectivity index (χ4n) is 3.97. The number of carbonyl (C=O) groups excluding carboxylic acids is 2. The number of hydrogen-bond acceptors (Lipinski definition) is 6. The van der Waals surface area contributed by atoms with E-state index in [4.69, 9.17) is 16.3 Å². The van der Waals surface area contributed by atoms with Crippen molar-refractivity contribution >= 4 is 29.2 Å². The van der Waals surface area contributed by atoms with Gasteiger partial charge in [0.2, 0.25) is 5.91 Å². The van der Waals surface area contributed by atoms with Crippen LogP contribution in [0.5, 0.6) is 0 Å². The lowest BCUT2D eigenvalue weighted by molar-refractivity contribution is -0.132. The van der Waals surface area contributed by atoms with Crippen LogP contribution >= 0.6 is 11.6 Å². The predicted octanol–water partition coefficient (Wildman–Crippen LogP) is 3.23. The maximum atomic E-state index is 13.0. The van der Waals surface area contributed by atoms with E-state index in [-0.39, 0.29) is 18.4 Å². The Kier molecular flexibility index (Phi) is 8.28. The number of carbonyl (C=O) groups is 2. The van der Waals surface area contributed by atoms with Crippen molar-refractivity contribution in [3.63, 3.8) is 0 Å². The van der Waals surface area contributed by atoms with Crippen LogP contribution in [-0.4, -0.2) is 84.8 Å². The number of rotatable bonds is 8. The van der Waals surface area contributed by atoms with Gasteiger partial charge in [0, 0.05) is 51.0 Å². The molecule has 1 aliphatic heterocycles. The van der Waals surface area contributed by atoms with Crippen LogP contribution < -0.4 is 4.90 Å². The van der Waals surface area contributed by atoms with Crippen molar-refractivity contribution in [3.8, 4) is 11.3 Å². The molecule has 1 saturated heterocycles. The summed E-state index contributed by atoms with van der Waals surface area (Å²) in [7, 11) is 1.58. The first-order chi connectivity index (χ1) is 17.1. The molecule has 1 aliphatic rings. The van der Waals surface area contributed by atoms with Gasteiger partial charge in [-0.2, -0.15) is 0 Å². The number of nitrogens with zero attached hydrogens (tertiary/aromatic N) is 5. The fraction of sp³-hybridized carbons (Fsp3) is 0.308. The largest absolute Gasteiger partial charge is 0.383 e. The third kappa shape index (κ3) is 6.15. The lowest BCUT2D eigenvalue weighted by atomic mass is 10.1. The van der Waals surface area contributed by atoms with E-state index in [0.29, 0.717) is 55.6 Å². The molecule has 35 heavy (non-hydrogen) atoms. The summed E-state index contributed by atoms with van der Waals surface area (Å²) in [4.78, 5) is 31.4. The third-order valence-corrected chi connectivity index (χ3v) is 6.29. The Morgan fingerprint density at radius 1 is 0.943 bits per heavy atom. The molecule has 3 aromatic rings. The van der Waals surface area contributed by atoms with E-state index in [1.165, 1.54) is 0 Å². The van der Waals surface area contributed by atoms with E-state index in [1.54, 1.807) is 29.0 Å². The molecule has 0 spiro atoms. The van der Waals surface area contributed by atoms with E-state index in [9.17, 15) is 9.59 Å². The molecule has 0 radical (unpaired) electrons. The molecule has 0 atom stereocenters. The van der Waals surface area contributed by atoms with Gasteiger partial charge >= 0.3 is 0 Å². The molecular weight excluding hydrogens is 466 g/mol. The highest BCUT2D eigenvalue weighted by Crippen LogP contribution is 2.26. The van der Waals surface area contributed by atoms with Crippen LogP contribution in [0.4, 0.5) is 5.82 Å². The first-order valence-electron chi connectivity index (χ1n) is 11.5. The van der Waals surface area contributed by atoms with E-state index < -0.39 is 0 Å². The quantitative estimate of drug-likeness (QED) is 0.479. The van der Waals surface area contributed by atoms with E-state index in [0.717, 1.165) is 11.4 Å². The monoisotopic (exact) mass is 493 g/mol. The van der Waals surface area contributed by atoms with Crippen LogP contribution in [-0.2, 0) is 9.53 Å². The van der Waals surface area contributed by atoms with Gasteiger partial charge in [0.1, 0.15) is 6.54 Å². The number of amides is 2. The Labute approximate surface area is 210 Å². The highest BCUT2D eigenvalue weighted by atomic mass is 35.5. The number of halogens is 1. The Bertz CT molecular complexity index is 1140. The summed E-state index contributed by atoms with van der Waals surface area (Å²) >= 11 is 6.26. The van der Waals surface area contributed by atoms with Crippen molar-refractivity contribution in [1.82, 2.24) is 20.0 Å². The zero-order valence-corrected chi connectivity index (χ0v) is 20.4. The van der Waals surface area contributed by atoms with E-state index >= 15 is 0 Å². The maximum Gasteiger partial charge on any atom is 0.254 e. The summed E-state index contributed by atoms with van der Waals surface area (Å²) in [6, 6.07) is 20.3. The van der Waals surface area contributed by atoms with Gasteiger partial charge in [0.15, 0.2) is 5.82 Å². The number of hydrogen-bond donors (Lipinski definition) is 0. The molecule has 2 heterocycles. The average molecular weight is 494 g/mol. The Hall–Kier alpha value is -3.49. The Morgan fingerprint density at radius 3 is 2.31 bits per heavy atom. The number of benzene rings is 2. The Balaban J connectivity index is 1.34. The van der Waals surface area contributed by atoms with Crippen molar-refractivity contribution in [1.29, 1.82) is 0 Å². The van der Waals surface area contributed by atoms with Crippen LogP contribution in [0.2, 0.25) is 5.02 Å². The minimum absolute atomic E-state index is 0.0173. The topological polar surface area (TPSA) is 78.9 Å². The summed E-state index contributed by atoms with van der Waals surface area (Å²) < 4.78 is 5.15. The molecule has 0 saturated carbocycles. The molecule has 4 rings (SSSR count). The highest BCUT2D eigenvalue weighted by Gasteiger charge is 2.26. The van der Waals surface area contributed by atoms with Gasteiger partial charge in [0.25, 0.3) is 5.91 Å². The highest BCUT2D eigenvalue weighted by molar-refractivity contribution is 6.33. The summed E-state index contributed by atoms with van der Waals surface area (Å²) in [5.74, 6) is 0.502. The van der Waals surface area contributed by atoms with Gasteiger partial charge in [0.05, 0.1) is 17.3 Å². The normalized spacial score (nSPS) is 13.5. The van der Waals surface area contributed by atoms with Crippen molar-refractivity contribution < 1.29 is 14.3 Å². The minimum atomic E-state index is -0.177. The SMILES string of the molecule is COCCN(CC(=O)N1CCN(c2ccc(-c3ccccc3Cl)nn2)CC1)C(=O)c1ccccc1. The summed E-state index contributed by atoms with van der Waals surface area (Å²) in [5.41, 5.74) is 2.11. The maximum absolute atomic E-state index is 13.0. The van der Waals surface area contributed by atoms with Crippen LogP contribution in [0.1, 0.15) is 10.4 Å². The van der Waals surface area contributed by atoms with Crippen molar-refractivity contribution in [2.75, 3.05) is 57.9 Å². The molecule has 1 fully saturated rings. The molecule has 0 unspecified atom stereocenters. The van der Waals surface area contributed by atoms with Gasteiger partial charge in [-0.25, -0.2) is 0 Å². The second-order valence-electron chi connectivity index (χ2n) is 8.21. The molecule has 9 heteroatoms. The van der Waals surface area contributed by atoms with Gasteiger partial charge in [-0.15, -0.1) is 10.2 Å². The minimum Gasteiger partial charge on any atom is -0.383 e. The van der Waals surface area contributed by atoms with Crippen LogP contribution in [0.15, 0.2) is 66.7 Å². The van der Waals surface area contributed by atoms with Gasteiger partial charge < -0.3 is 19.4 Å². The van der Waals surface area contributed by atoms with Crippen molar-refractivity contribution in [2.45, 2.75) is 0 Å².